The summed E-state index contributed by atoms with van der Waals surface area (Å²) in [6.07, 6.45) is 3.94. The minimum Gasteiger partial charge on any atom is -0.475 e. The minimum atomic E-state index is 0.128. The molecule has 100 valence electrons. The molecule has 5 heteroatoms. The Balaban J connectivity index is 1.77. The molecule has 1 aromatic heterocycles. The third-order valence-electron chi connectivity index (χ3n) is 2.88. The molecular weight excluding hydrogens is 230 g/mol. The summed E-state index contributed by atoms with van der Waals surface area (Å²) < 4.78 is 10.9. The molecule has 1 aliphatic heterocycles. The van der Waals surface area contributed by atoms with E-state index in [4.69, 9.17) is 9.47 Å². The summed E-state index contributed by atoms with van der Waals surface area (Å²) >= 11 is 0. The lowest BCUT2D eigenvalue weighted by molar-refractivity contribution is 0.185. The van der Waals surface area contributed by atoms with Crippen molar-refractivity contribution in [1.82, 2.24) is 9.97 Å². The molecule has 0 aliphatic carbocycles. The number of rotatable bonds is 6. The predicted octanol–water partition coefficient (Wildman–Crippen LogP) is 2.10. The maximum atomic E-state index is 5.52. The highest BCUT2D eigenvalue weighted by Crippen LogP contribution is 2.17. The Bertz CT molecular complexity index is 365. The largest absolute Gasteiger partial charge is 0.475 e. The Morgan fingerprint density at radius 1 is 1.50 bits per heavy atom. The van der Waals surface area contributed by atoms with Crippen LogP contribution < -0.4 is 10.1 Å². The van der Waals surface area contributed by atoms with Crippen molar-refractivity contribution in [3.8, 4) is 5.88 Å². The molecule has 2 rings (SSSR count). The molecule has 1 atom stereocenters. The lowest BCUT2D eigenvalue weighted by atomic mass is 10.1. The molecule has 0 radical (unpaired) electrons. The van der Waals surface area contributed by atoms with E-state index >= 15 is 0 Å². The number of hydrogen-bond donors (Lipinski definition) is 1. The molecule has 1 aliphatic rings. The van der Waals surface area contributed by atoms with E-state index in [1.54, 1.807) is 0 Å². The van der Waals surface area contributed by atoms with Crippen LogP contribution in [0.3, 0.4) is 0 Å². The number of aromatic nitrogens is 2. The molecule has 0 amide bonds. The van der Waals surface area contributed by atoms with E-state index < -0.39 is 0 Å². The second-order valence-electron chi connectivity index (χ2n) is 4.85. The van der Waals surface area contributed by atoms with Crippen LogP contribution in [0.25, 0.3) is 0 Å². The smallest absolute Gasteiger partial charge is 0.218 e. The van der Waals surface area contributed by atoms with Gasteiger partial charge in [-0.3, -0.25) is 0 Å². The summed E-state index contributed by atoms with van der Waals surface area (Å²) in [4.78, 5) is 8.25. The van der Waals surface area contributed by atoms with E-state index in [0.29, 0.717) is 11.8 Å². The molecule has 0 spiro atoms. The average Bonchev–Trinajstić information content (AvgIpc) is 2.82. The van der Waals surface area contributed by atoms with Crippen LogP contribution in [0.5, 0.6) is 5.88 Å². The molecule has 18 heavy (non-hydrogen) atoms. The highest BCUT2D eigenvalue weighted by atomic mass is 16.5. The molecule has 1 aromatic rings. The SMILES string of the molecule is CC(C)Oc1cc(NCCC2CCOC2)ncn1. The molecule has 2 heterocycles. The third-order valence-corrected chi connectivity index (χ3v) is 2.88. The first kappa shape index (κ1) is 13.1. The lowest BCUT2D eigenvalue weighted by Crippen LogP contribution is -2.11. The molecule has 0 saturated carbocycles. The molecule has 0 bridgehead atoms. The zero-order chi connectivity index (χ0) is 12.8. The van der Waals surface area contributed by atoms with E-state index in [1.165, 1.54) is 12.7 Å². The van der Waals surface area contributed by atoms with Crippen LogP contribution in [0.15, 0.2) is 12.4 Å². The Morgan fingerprint density at radius 3 is 3.11 bits per heavy atom. The van der Waals surface area contributed by atoms with Gasteiger partial charge in [0.05, 0.1) is 6.10 Å². The number of anilines is 1. The average molecular weight is 251 g/mol. The summed E-state index contributed by atoms with van der Waals surface area (Å²) in [6.45, 7) is 6.68. The molecule has 0 aromatic carbocycles. The summed E-state index contributed by atoms with van der Waals surface area (Å²) in [7, 11) is 0. The van der Waals surface area contributed by atoms with Gasteiger partial charge in [0, 0.05) is 25.8 Å². The summed E-state index contributed by atoms with van der Waals surface area (Å²) in [5.41, 5.74) is 0. The minimum absolute atomic E-state index is 0.128. The monoisotopic (exact) mass is 251 g/mol. The Hall–Kier alpha value is -1.36. The normalized spacial score (nSPS) is 19.2. The van der Waals surface area contributed by atoms with Gasteiger partial charge in [0.1, 0.15) is 12.1 Å². The number of nitrogens with zero attached hydrogens (tertiary/aromatic N) is 2. The van der Waals surface area contributed by atoms with Gasteiger partial charge in [0.25, 0.3) is 0 Å². The van der Waals surface area contributed by atoms with Crippen LogP contribution in [0.4, 0.5) is 5.82 Å². The van der Waals surface area contributed by atoms with E-state index in [2.05, 4.69) is 15.3 Å². The molecule has 1 N–H and O–H groups in total. The van der Waals surface area contributed by atoms with Crippen molar-refractivity contribution >= 4 is 5.82 Å². The van der Waals surface area contributed by atoms with Crippen molar-refractivity contribution in [1.29, 1.82) is 0 Å². The number of ether oxygens (including phenoxy) is 2. The molecule has 1 unspecified atom stereocenters. The predicted molar refractivity (Wildman–Crippen MR) is 69.8 cm³/mol. The van der Waals surface area contributed by atoms with Gasteiger partial charge in [0.2, 0.25) is 5.88 Å². The van der Waals surface area contributed by atoms with Crippen molar-refractivity contribution in [2.45, 2.75) is 32.8 Å². The van der Waals surface area contributed by atoms with Crippen LogP contribution in [0.2, 0.25) is 0 Å². The number of hydrogen-bond acceptors (Lipinski definition) is 5. The zero-order valence-corrected chi connectivity index (χ0v) is 11.1. The highest BCUT2D eigenvalue weighted by molar-refractivity contribution is 5.36. The molecule has 5 nitrogen and oxygen atoms in total. The van der Waals surface area contributed by atoms with Crippen LogP contribution in [-0.4, -0.2) is 35.8 Å². The Labute approximate surface area is 108 Å². The first-order valence-electron chi connectivity index (χ1n) is 6.54. The van der Waals surface area contributed by atoms with Crippen LogP contribution in [0.1, 0.15) is 26.7 Å². The fourth-order valence-corrected chi connectivity index (χ4v) is 1.96. The van der Waals surface area contributed by atoms with Crippen molar-refractivity contribution in [3.05, 3.63) is 12.4 Å². The summed E-state index contributed by atoms with van der Waals surface area (Å²) in [5, 5.41) is 3.30. The van der Waals surface area contributed by atoms with Crippen molar-refractivity contribution in [3.63, 3.8) is 0 Å². The maximum Gasteiger partial charge on any atom is 0.218 e. The van der Waals surface area contributed by atoms with Crippen LogP contribution in [-0.2, 0) is 4.74 Å². The first-order valence-corrected chi connectivity index (χ1v) is 6.54. The van der Waals surface area contributed by atoms with Crippen LogP contribution >= 0.6 is 0 Å². The second kappa shape index (κ2) is 6.54. The molecule has 1 saturated heterocycles. The van der Waals surface area contributed by atoms with Gasteiger partial charge in [-0.25, -0.2) is 9.97 Å². The van der Waals surface area contributed by atoms with E-state index in [9.17, 15) is 0 Å². The third kappa shape index (κ3) is 4.14. The van der Waals surface area contributed by atoms with Gasteiger partial charge in [-0.2, -0.15) is 0 Å². The fourth-order valence-electron chi connectivity index (χ4n) is 1.96. The quantitative estimate of drug-likeness (QED) is 0.839. The van der Waals surface area contributed by atoms with Gasteiger partial charge in [0.15, 0.2) is 0 Å². The summed E-state index contributed by atoms with van der Waals surface area (Å²) in [6, 6.07) is 1.84. The highest BCUT2D eigenvalue weighted by Gasteiger charge is 2.14. The van der Waals surface area contributed by atoms with E-state index in [0.717, 1.165) is 32.0 Å². The Kier molecular flexibility index (Phi) is 4.75. The van der Waals surface area contributed by atoms with Gasteiger partial charge in [-0.15, -0.1) is 0 Å². The van der Waals surface area contributed by atoms with Crippen LogP contribution in [0, 0.1) is 5.92 Å². The second-order valence-corrected chi connectivity index (χ2v) is 4.85. The van der Waals surface area contributed by atoms with Gasteiger partial charge >= 0.3 is 0 Å². The number of nitrogens with one attached hydrogen (secondary N) is 1. The van der Waals surface area contributed by atoms with E-state index in [1.807, 2.05) is 19.9 Å². The molecule has 1 fully saturated rings. The van der Waals surface area contributed by atoms with Crippen molar-refractivity contribution in [2.75, 3.05) is 25.1 Å². The topological polar surface area (TPSA) is 56.3 Å². The summed E-state index contributed by atoms with van der Waals surface area (Å²) in [5.74, 6) is 2.12. The first-order chi connectivity index (χ1) is 8.74. The van der Waals surface area contributed by atoms with Crippen molar-refractivity contribution in [2.24, 2.45) is 5.92 Å². The fraction of sp³-hybridized carbons (Fsp3) is 0.692. The van der Waals surface area contributed by atoms with E-state index in [-0.39, 0.29) is 6.10 Å². The Morgan fingerprint density at radius 2 is 2.39 bits per heavy atom. The van der Waals surface area contributed by atoms with Crippen molar-refractivity contribution < 1.29 is 9.47 Å². The lowest BCUT2D eigenvalue weighted by Gasteiger charge is -2.11. The zero-order valence-electron chi connectivity index (χ0n) is 11.1. The molecular formula is C13H21N3O2. The standard InChI is InChI=1S/C13H21N3O2/c1-10(2)18-13-7-12(15-9-16-13)14-5-3-11-4-6-17-8-11/h7,9-11H,3-6,8H2,1-2H3,(H,14,15,16). The van der Waals surface area contributed by atoms with Gasteiger partial charge in [-0.05, 0) is 32.6 Å². The van der Waals surface area contributed by atoms with Gasteiger partial charge in [-0.1, -0.05) is 0 Å². The van der Waals surface area contributed by atoms with Gasteiger partial charge < -0.3 is 14.8 Å². The maximum absolute atomic E-state index is 5.52.